The van der Waals surface area contributed by atoms with Crippen molar-refractivity contribution in [3.8, 4) is 0 Å². The molecule has 0 aliphatic heterocycles. The minimum absolute atomic E-state index is 0.210. The summed E-state index contributed by atoms with van der Waals surface area (Å²) in [6, 6.07) is 6.64. The number of rotatable bonds is 3. The van der Waals surface area contributed by atoms with E-state index in [4.69, 9.17) is 5.73 Å². The first-order valence-corrected chi connectivity index (χ1v) is 6.46. The molecule has 3 N–H and O–H groups in total. The van der Waals surface area contributed by atoms with Crippen molar-refractivity contribution >= 4 is 11.0 Å². The number of aromatic amines is 1. The average Bonchev–Trinajstić information content (AvgIpc) is 2.56. The minimum Gasteiger partial charge on any atom is -0.342 e. The van der Waals surface area contributed by atoms with Crippen molar-refractivity contribution in [3.63, 3.8) is 0 Å². The number of nitrogens with zero attached hydrogens (tertiary/aromatic N) is 1. The van der Waals surface area contributed by atoms with Gasteiger partial charge in [0.1, 0.15) is 5.82 Å². The first kappa shape index (κ1) is 10.8. The first-order valence-electron chi connectivity index (χ1n) is 6.46. The number of hydrogen-bond donors (Lipinski definition) is 2. The van der Waals surface area contributed by atoms with Gasteiger partial charge in [0.2, 0.25) is 0 Å². The maximum atomic E-state index is 5.83. The fourth-order valence-corrected chi connectivity index (χ4v) is 2.45. The highest BCUT2D eigenvalue weighted by Crippen LogP contribution is 2.35. The third kappa shape index (κ3) is 2.07. The van der Waals surface area contributed by atoms with Gasteiger partial charge >= 0.3 is 0 Å². The van der Waals surface area contributed by atoms with Gasteiger partial charge in [-0.3, -0.25) is 0 Å². The van der Waals surface area contributed by atoms with Gasteiger partial charge in [-0.1, -0.05) is 12.5 Å². The third-order valence-corrected chi connectivity index (χ3v) is 3.61. The molecule has 0 spiro atoms. The number of imidazole rings is 1. The Morgan fingerprint density at radius 3 is 2.94 bits per heavy atom. The van der Waals surface area contributed by atoms with Crippen LogP contribution in [-0.4, -0.2) is 16.0 Å². The molecule has 1 unspecified atom stereocenters. The Morgan fingerprint density at radius 2 is 2.29 bits per heavy atom. The lowest BCUT2D eigenvalue weighted by atomic mass is 9.85. The predicted molar refractivity (Wildman–Crippen MR) is 70.0 cm³/mol. The maximum absolute atomic E-state index is 5.83. The van der Waals surface area contributed by atoms with Crippen LogP contribution in [-0.2, 0) is 6.42 Å². The van der Waals surface area contributed by atoms with Crippen LogP contribution in [0.3, 0.4) is 0 Å². The van der Waals surface area contributed by atoms with Gasteiger partial charge in [-0.15, -0.1) is 0 Å². The fourth-order valence-electron chi connectivity index (χ4n) is 2.45. The monoisotopic (exact) mass is 229 g/mol. The molecule has 2 aromatic rings. The zero-order valence-electron chi connectivity index (χ0n) is 10.2. The zero-order valence-corrected chi connectivity index (χ0v) is 10.2. The summed E-state index contributed by atoms with van der Waals surface area (Å²) < 4.78 is 0. The molecule has 3 heteroatoms. The van der Waals surface area contributed by atoms with E-state index < -0.39 is 0 Å². The maximum Gasteiger partial charge on any atom is 0.110 e. The molecule has 1 aliphatic carbocycles. The van der Waals surface area contributed by atoms with Crippen LogP contribution in [0.2, 0.25) is 0 Å². The molecule has 0 amide bonds. The molecule has 3 rings (SSSR count). The molecule has 1 fully saturated rings. The number of fused-ring (bicyclic) bond motifs is 1. The highest BCUT2D eigenvalue weighted by Gasteiger charge is 2.22. The SMILES string of the molecule is CC(N)Cc1ccc2nc(C3CCC3)[nH]c2c1. The molecule has 0 bridgehead atoms. The van der Waals surface area contributed by atoms with Crippen molar-refractivity contribution in [2.45, 2.75) is 44.6 Å². The first-order chi connectivity index (χ1) is 8.22. The van der Waals surface area contributed by atoms with Crippen LogP contribution in [0.5, 0.6) is 0 Å². The summed E-state index contributed by atoms with van der Waals surface area (Å²) in [4.78, 5) is 8.13. The molecule has 1 heterocycles. The van der Waals surface area contributed by atoms with Crippen LogP contribution < -0.4 is 5.73 Å². The van der Waals surface area contributed by atoms with Gasteiger partial charge < -0.3 is 10.7 Å². The Kier molecular flexibility index (Phi) is 2.63. The number of H-pyrrole nitrogens is 1. The lowest BCUT2D eigenvalue weighted by Gasteiger charge is -2.22. The van der Waals surface area contributed by atoms with Crippen LogP contribution in [0.25, 0.3) is 11.0 Å². The van der Waals surface area contributed by atoms with E-state index in [1.54, 1.807) is 0 Å². The Labute approximate surface area is 101 Å². The summed E-state index contributed by atoms with van der Waals surface area (Å²) in [5.41, 5.74) is 9.36. The molecule has 90 valence electrons. The van der Waals surface area contributed by atoms with Crippen LogP contribution in [0.4, 0.5) is 0 Å². The van der Waals surface area contributed by atoms with Gasteiger partial charge in [-0.05, 0) is 43.9 Å². The van der Waals surface area contributed by atoms with Gasteiger partial charge in [-0.25, -0.2) is 4.98 Å². The number of hydrogen-bond acceptors (Lipinski definition) is 2. The smallest absolute Gasteiger partial charge is 0.110 e. The summed E-state index contributed by atoms with van der Waals surface area (Å²) in [6.07, 6.45) is 4.84. The number of nitrogens with one attached hydrogen (secondary N) is 1. The fraction of sp³-hybridized carbons (Fsp3) is 0.500. The van der Waals surface area contributed by atoms with Crippen molar-refractivity contribution in [1.82, 2.24) is 9.97 Å². The van der Waals surface area contributed by atoms with Gasteiger partial charge in [0.05, 0.1) is 11.0 Å². The number of nitrogens with two attached hydrogens (primary N) is 1. The Bertz CT molecular complexity index is 523. The molecule has 1 aromatic heterocycles. The van der Waals surface area contributed by atoms with Gasteiger partial charge in [0, 0.05) is 12.0 Å². The third-order valence-electron chi connectivity index (χ3n) is 3.61. The van der Waals surface area contributed by atoms with Crippen LogP contribution in [0, 0.1) is 0 Å². The van der Waals surface area contributed by atoms with Crippen molar-refractivity contribution in [2.24, 2.45) is 5.73 Å². The molecule has 1 atom stereocenters. The molecule has 17 heavy (non-hydrogen) atoms. The summed E-state index contributed by atoms with van der Waals surface area (Å²) in [5.74, 6) is 1.84. The molecule has 1 aromatic carbocycles. The minimum atomic E-state index is 0.210. The lowest BCUT2D eigenvalue weighted by Crippen LogP contribution is -2.17. The molecule has 0 saturated heterocycles. The van der Waals surface area contributed by atoms with Crippen molar-refractivity contribution in [2.75, 3.05) is 0 Å². The van der Waals surface area contributed by atoms with Gasteiger partial charge in [0.25, 0.3) is 0 Å². The molecular formula is C14H19N3. The van der Waals surface area contributed by atoms with Crippen molar-refractivity contribution in [1.29, 1.82) is 0 Å². The zero-order chi connectivity index (χ0) is 11.8. The number of benzene rings is 1. The summed E-state index contributed by atoms with van der Waals surface area (Å²) in [7, 11) is 0. The lowest BCUT2D eigenvalue weighted by molar-refractivity contribution is 0.405. The second-order valence-corrected chi connectivity index (χ2v) is 5.28. The summed E-state index contributed by atoms with van der Waals surface area (Å²) >= 11 is 0. The Balaban J connectivity index is 1.92. The van der Waals surface area contributed by atoms with Crippen LogP contribution in [0.15, 0.2) is 18.2 Å². The van der Waals surface area contributed by atoms with Gasteiger partial charge in [0.15, 0.2) is 0 Å². The van der Waals surface area contributed by atoms with E-state index in [9.17, 15) is 0 Å². The molecule has 1 aliphatic rings. The molecule has 0 radical (unpaired) electrons. The highest BCUT2D eigenvalue weighted by molar-refractivity contribution is 5.76. The highest BCUT2D eigenvalue weighted by atomic mass is 14.9. The van der Waals surface area contributed by atoms with E-state index in [2.05, 4.69) is 28.2 Å². The number of aromatic nitrogens is 2. The van der Waals surface area contributed by atoms with Crippen molar-refractivity contribution in [3.05, 3.63) is 29.6 Å². The van der Waals surface area contributed by atoms with E-state index in [0.717, 1.165) is 17.5 Å². The Morgan fingerprint density at radius 1 is 1.47 bits per heavy atom. The van der Waals surface area contributed by atoms with E-state index in [0.29, 0.717) is 5.92 Å². The van der Waals surface area contributed by atoms with E-state index >= 15 is 0 Å². The normalized spacial score (nSPS) is 18.2. The molecule has 1 saturated carbocycles. The second-order valence-electron chi connectivity index (χ2n) is 5.28. The van der Waals surface area contributed by atoms with Crippen LogP contribution >= 0.6 is 0 Å². The van der Waals surface area contributed by atoms with E-state index in [1.807, 2.05) is 6.92 Å². The molecule has 3 nitrogen and oxygen atoms in total. The molecular weight excluding hydrogens is 210 g/mol. The summed E-state index contributed by atoms with van der Waals surface area (Å²) in [5, 5.41) is 0. The summed E-state index contributed by atoms with van der Waals surface area (Å²) in [6.45, 7) is 2.04. The average molecular weight is 229 g/mol. The van der Waals surface area contributed by atoms with Gasteiger partial charge in [-0.2, -0.15) is 0 Å². The standard InChI is InChI=1S/C14H19N3/c1-9(15)7-10-5-6-12-13(8-10)17-14(16-12)11-3-2-4-11/h5-6,8-9,11H,2-4,7,15H2,1H3,(H,16,17). The van der Waals surface area contributed by atoms with E-state index in [1.165, 1.54) is 30.7 Å². The van der Waals surface area contributed by atoms with Crippen LogP contribution in [0.1, 0.15) is 43.5 Å². The Hall–Kier alpha value is -1.35. The second kappa shape index (κ2) is 4.15. The topological polar surface area (TPSA) is 54.7 Å². The predicted octanol–water partition coefficient (Wildman–Crippen LogP) is 2.72. The van der Waals surface area contributed by atoms with E-state index in [-0.39, 0.29) is 6.04 Å². The largest absolute Gasteiger partial charge is 0.342 e. The quantitative estimate of drug-likeness (QED) is 0.850. The van der Waals surface area contributed by atoms with Crippen molar-refractivity contribution < 1.29 is 0 Å².